The van der Waals surface area contributed by atoms with E-state index in [1.165, 1.54) is 11.3 Å². The molecule has 0 saturated heterocycles. The fourth-order valence-electron chi connectivity index (χ4n) is 3.20. The molecule has 1 fully saturated rings. The molecule has 7 heteroatoms. The fourth-order valence-corrected chi connectivity index (χ4v) is 4.13. The number of nitrogens with one attached hydrogen (secondary N) is 1. The molecule has 4 rings (SSSR count). The van der Waals surface area contributed by atoms with E-state index in [-0.39, 0.29) is 5.76 Å². The molecule has 1 aromatic carbocycles. The van der Waals surface area contributed by atoms with Gasteiger partial charge in [0.15, 0.2) is 16.5 Å². The maximum Gasteiger partial charge on any atom is 0.329 e. The van der Waals surface area contributed by atoms with Crippen LogP contribution in [0, 0.1) is 0 Å². The molecule has 2 N–H and O–H groups in total. The molecule has 0 unspecified atom stereocenters. The second-order valence-corrected chi connectivity index (χ2v) is 7.23. The molecule has 1 aliphatic rings. The molecular formula is C18H16N2O4S. The van der Waals surface area contributed by atoms with Crippen LogP contribution < -0.4 is 5.32 Å². The lowest BCUT2D eigenvalue weighted by atomic mass is 9.98. The van der Waals surface area contributed by atoms with Gasteiger partial charge in [-0.25, -0.2) is 9.78 Å². The summed E-state index contributed by atoms with van der Waals surface area (Å²) in [6.45, 7) is 0. The van der Waals surface area contributed by atoms with Gasteiger partial charge < -0.3 is 14.8 Å². The Morgan fingerprint density at radius 1 is 1.16 bits per heavy atom. The number of thiazole rings is 1. The molecule has 6 nitrogen and oxygen atoms in total. The minimum atomic E-state index is -1.18. The van der Waals surface area contributed by atoms with Gasteiger partial charge in [0, 0.05) is 0 Å². The highest BCUT2D eigenvalue weighted by Crippen LogP contribution is 2.32. The van der Waals surface area contributed by atoms with Crippen LogP contribution in [0.4, 0.5) is 0 Å². The number of aliphatic carboxylic acids is 1. The Labute approximate surface area is 147 Å². The zero-order valence-corrected chi connectivity index (χ0v) is 14.1. The van der Waals surface area contributed by atoms with Crippen molar-refractivity contribution in [1.82, 2.24) is 10.3 Å². The lowest BCUT2D eigenvalue weighted by Crippen LogP contribution is -2.52. The molecule has 1 amide bonds. The Bertz CT molecular complexity index is 920. The number of carbonyl (C=O) groups excluding carboxylic acids is 1. The zero-order chi connectivity index (χ0) is 17.4. The molecule has 2 aromatic heterocycles. The second-order valence-electron chi connectivity index (χ2n) is 6.20. The van der Waals surface area contributed by atoms with Crippen molar-refractivity contribution in [1.29, 1.82) is 0 Å². The number of hydrogen-bond donors (Lipinski definition) is 2. The van der Waals surface area contributed by atoms with E-state index >= 15 is 0 Å². The minimum Gasteiger partial charge on any atom is -0.480 e. The van der Waals surface area contributed by atoms with Crippen molar-refractivity contribution in [2.75, 3.05) is 0 Å². The number of aromatic nitrogens is 1. The SMILES string of the molecule is O=C(NC1(C(=O)O)CCCC1)c1ccc(-c2nc3ccccc3s2)o1. The van der Waals surface area contributed by atoms with E-state index in [1.54, 1.807) is 12.1 Å². The van der Waals surface area contributed by atoms with Crippen LogP contribution in [0.3, 0.4) is 0 Å². The Morgan fingerprint density at radius 2 is 1.92 bits per heavy atom. The van der Waals surface area contributed by atoms with Gasteiger partial charge in [0.1, 0.15) is 5.54 Å². The number of carboxylic acid groups (broad SMARTS) is 1. The lowest BCUT2D eigenvalue weighted by Gasteiger charge is -2.24. The highest BCUT2D eigenvalue weighted by Gasteiger charge is 2.43. The summed E-state index contributed by atoms with van der Waals surface area (Å²) >= 11 is 1.48. The van der Waals surface area contributed by atoms with Crippen LogP contribution in [0.5, 0.6) is 0 Å². The van der Waals surface area contributed by atoms with Crippen molar-refractivity contribution in [2.24, 2.45) is 0 Å². The number of amides is 1. The zero-order valence-electron chi connectivity index (χ0n) is 13.3. The van der Waals surface area contributed by atoms with Crippen molar-refractivity contribution in [3.63, 3.8) is 0 Å². The molecule has 1 aliphatic carbocycles. The van der Waals surface area contributed by atoms with Gasteiger partial charge in [0.25, 0.3) is 5.91 Å². The first kappa shape index (κ1) is 15.8. The number of para-hydroxylation sites is 1. The Morgan fingerprint density at radius 3 is 2.64 bits per heavy atom. The van der Waals surface area contributed by atoms with Crippen molar-refractivity contribution in [3.05, 3.63) is 42.2 Å². The van der Waals surface area contributed by atoms with Crippen LogP contribution in [0.25, 0.3) is 21.0 Å². The summed E-state index contributed by atoms with van der Waals surface area (Å²) in [5, 5.41) is 12.8. The summed E-state index contributed by atoms with van der Waals surface area (Å²) in [4.78, 5) is 28.5. The number of carbonyl (C=O) groups is 2. The summed E-state index contributed by atoms with van der Waals surface area (Å²) in [6, 6.07) is 11.0. The smallest absolute Gasteiger partial charge is 0.329 e. The fraction of sp³-hybridized carbons (Fsp3) is 0.278. The highest BCUT2D eigenvalue weighted by molar-refractivity contribution is 7.21. The van der Waals surface area contributed by atoms with Gasteiger partial charge in [0.05, 0.1) is 10.2 Å². The molecule has 128 valence electrons. The number of fused-ring (bicyclic) bond motifs is 1. The average Bonchev–Trinajstić information content (AvgIpc) is 3.33. The summed E-state index contributed by atoms with van der Waals surface area (Å²) in [7, 11) is 0. The number of furan rings is 1. The summed E-state index contributed by atoms with van der Waals surface area (Å²) in [6.07, 6.45) is 2.47. The molecule has 25 heavy (non-hydrogen) atoms. The maximum absolute atomic E-state index is 12.4. The van der Waals surface area contributed by atoms with E-state index < -0.39 is 17.4 Å². The second kappa shape index (κ2) is 6.00. The summed E-state index contributed by atoms with van der Waals surface area (Å²) in [5.41, 5.74) is -0.305. The third-order valence-corrected chi connectivity index (χ3v) is 5.60. The topological polar surface area (TPSA) is 92.4 Å². The minimum absolute atomic E-state index is 0.0989. The van der Waals surface area contributed by atoms with E-state index in [2.05, 4.69) is 10.3 Å². The van der Waals surface area contributed by atoms with Crippen LogP contribution in [0.2, 0.25) is 0 Å². The van der Waals surface area contributed by atoms with Gasteiger partial charge in [-0.15, -0.1) is 11.3 Å². The van der Waals surface area contributed by atoms with Crippen LogP contribution in [0.1, 0.15) is 36.2 Å². The highest BCUT2D eigenvalue weighted by atomic mass is 32.1. The largest absolute Gasteiger partial charge is 0.480 e. The molecule has 0 spiro atoms. The van der Waals surface area contributed by atoms with Crippen LogP contribution >= 0.6 is 11.3 Å². The predicted molar refractivity (Wildman–Crippen MR) is 93.6 cm³/mol. The van der Waals surface area contributed by atoms with Gasteiger partial charge in [-0.3, -0.25) is 4.79 Å². The molecule has 0 bridgehead atoms. The average molecular weight is 356 g/mol. The van der Waals surface area contributed by atoms with Crippen molar-refractivity contribution >= 4 is 33.4 Å². The van der Waals surface area contributed by atoms with E-state index in [1.807, 2.05) is 24.3 Å². The van der Waals surface area contributed by atoms with Crippen molar-refractivity contribution in [2.45, 2.75) is 31.2 Å². The number of hydrogen-bond acceptors (Lipinski definition) is 5. The van der Waals surface area contributed by atoms with Crippen LogP contribution in [0.15, 0.2) is 40.8 Å². The monoisotopic (exact) mass is 356 g/mol. The van der Waals surface area contributed by atoms with Crippen molar-refractivity contribution < 1.29 is 19.1 Å². The number of rotatable bonds is 4. The van der Waals surface area contributed by atoms with Crippen molar-refractivity contribution in [3.8, 4) is 10.8 Å². The number of benzene rings is 1. The molecular weight excluding hydrogens is 340 g/mol. The molecule has 3 aromatic rings. The normalized spacial score (nSPS) is 16.2. The van der Waals surface area contributed by atoms with E-state index in [0.29, 0.717) is 23.6 Å². The first-order valence-corrected chi connectivity index (χ1v) is 8.91. The summed E-state index contributed by atoms with van der Waals surface area (Å²) < 4.78 is 6.68. The molecule has 0 radical (unpaired) electrons. The number of carboxylic acids is 1. The third kappa shape index (κ3) is 2.80. The van der Waals surface area contributed by atoms with Crippen LogP contribution in [-0.4, -0.2) is 27.5 Å². The molecule has 0 atom stereocenters. The van der Waals surface area contributed by atoms with Gasteiger partial charge >= 0.3 is 5.97 Å². The first-order chi connectivity index (χ1) is 12.1. The summed E-state index contributed by atoms with van der Waals surface area (Å²) in [5.74, 6) is -0.892. The Kier molecular flexibility index (Phi) is 3.80. The molecule has 0 aliphatic heterocycles. The quantitative estimate of drug-likeness (QED) is 0.744. The Balaban J connectivity index is 1.58. The lowest BCUT2D eigenvalue weighted by molar-refractivity contribution is -0.144. The van der Waals surface area contributed by atoms with Gasteiger partial charge in [0.2, 0.25) is 0 Å². The molecule has 2 heterocycles. The van der Waals surface area contributed by atoms with Gasteiger partial charge in [-0.2, -0.15) is 0 Å². The van der Waals surface area contributed by atoms with Crippen LogP contribution in [-0.2, 0) is 4.79 Å². The third-order valence-electron chi connectivity index (χ3n) is 4.55. The Hall–Kier alpha value is -2.67. The maximum atomic E-state index is 12.4. The predicted octanol–water partition coefficient (Wildman–Crippen LogP) is 3.68. The van der Waals surface area contributed by atoms with Gasteiger partial charge in [-0.05, 0) is 37.1 Å². The molecule has 1 saturated carbocycles. The number of nitrogens with zero attached hydrogens (tertiary/aromatic N) is 1. The van der Waals surface area contributed by atoms with Gasteiger partial charge in [-0.1, -0.05) is 25.0 Å². The van der Waals surface area contributed by atoms with E-state index in [0.717, 1.165) is 23.1 Å². The standard InChI is InChI=1S/C18H16N2O4S/c21-15(20-18(17(22)23)9-3-4-10-18)12-7-8-13(24-12)16-19-11-5-1-2-6-14(11)25-16/h1-2,5-8H,3-4,9-10H2,(H,20,21)(H,22,23). The van der Waals surface area contributed by atoms with E-state index in [9.17, 15) is 14.7 Å². The van der Waals surface area contributed by atoms with E-state index in [4.69, 9.17) is 4.42 Å². The first-order valence-electron chi connectivity index (χ1n) is 8.09.